The molecular formula is C32H37Cl2N3O. The van der Waals surface area contributed by atoms with Gasteiger partial charge in [0, 0.05) is 27.7 Å². The quantitative estimate of drug-likeness (QED) is 0.193. The molecule has 1 fully saturated rings. The summed E-state index contributed by atoms with van der Waals surface area (Å²) in [7, 11) is 0. The van der Waals surface area contributed by atoms with Crippen LogP contribution in [0.15, 0.2) is 78.1 Å². The van der Waals surface area contributed by atoms with Gasteiger partial charge < -0.3 is 10.2 Å². The molecule has 0 saturated heterocycles. The smallest absolute Gasteiger partial charge is 0.251 e. The standard InChI is InChI=1S/C32H37Cl2N3O/c1-4-7-19-35-31(38)24-15-13-23(14-16-24)29(12-5-2)37-28(6-3)30(25-20-26(33)22-27(34)21-25)36-32(37)17-10-8-9-11-18-32/h4,13-16,20-22,29H,1,3,5,7-12,17-19H2,2H3,(H,35,38). The van der Waals surface area contributed by atoms with E-state index in [1.165, 1.54) is 12.8 Å². The molecule has 4 nitrogen and oxygen atoms in total. The number of hydrogen-bond acceptors (Lipinski definition) is 3. The minimum absolute atomic E-state index is 0.0659. The Bertz CT molecular complexity index is 1220. The van der Waals surface area contributed by atoms with Crippen molar-refractivity contribution < 1.29 is 4.79 Å². The number of aliphatic imine (C=N–C) groups is 1. The molecule has 1 aliphatic carbocycles. The van der Waals surface area contributed by atoms with E-state index in [1.807, 2.05) is 24.3 Å². The van der Waals surface area contributed by atoms with Gasteiger partial charge in [-0.2, -0.15) is 0 Å². The molecule has 200 valence electrons. The van der Waals surface area contributed by atoms with Crippen LogP contribution in [-0.2, 0) is 0 Å². The van der Waals surface area contributed by atoms with Gasteiger partial charge in [0.05, 0.1) is 11.8 Å². The predicted molar refractivity (Wildman–Crippen MR) is 159 cm³/mol. The molecule has 38 heavy (non-hydrogen) atoms. The summed E-state index contributed by atoms with van der Waals surface area (Å²) in [5.74, 6) is -0.0676. The maximum atomic E-state index is 12.6. The molecule has 1 spiro atoms. The summed E-state index contributed by atoms with van der Waals surface area (Å²) in [5.41, 5.74) is 7.35. The molecule has 4 rings (SSSR count). The summed E-state index contributed by atoms with van der Waals surface area (Å²) in [6.45, 7) is 10.6. The Kier molecular flexibility index (Phi) is 9.54. The molecule has 1 atom stereocenters. The number of halogens is 2. The summed E-state index contributed by atoms with van der Waals surface area (Å²) in [5, 5.41) is 4.11. The van der Waals surface area contributed by atoms with Crippen LogP contribution < -0.4 is 5.32 Å². The molecule has 2 aromatic carbocycles. The highest BCUT2D eigenvalue weighted by Crippen LogP contribution is 2.48. The van der Waals surface area contributed by atoms with Gasteiger partial charge in [-0.05, 0) is 74.4 Å². The van der Waals surface area contributed by atoms with Crippen molar-refractivity contribution in [1.82, 2.24) is 10.2 Å². The van der Waals surface area contributed by atoms with Crippen molar-refractivity contribution in [3.8, 4) is 0 Å². The topological polar surface area (TPSA) is 44.7 Å². The van der Waals surface area contributed by atoms with Crippen molar-refractivity contribution >= 4 is 34.8 Å². The second-order valence-corrected chi connectivity index (χ2v) is 11.0. The van der Waals surface area contributed by atoms with Crippen molar-refractivity contribution in [1.29, 1.82) is 0 Å². The van der Waals surface area contributed by atoms with Crippen LogP contribution >= 0.6 is 23.2 Å². The number of allylic oxidation sites excluding steroid dienone is 1. The second kappa shape index (κ2) is 12.8. The van der Waals surface area contributed by atoms with E-state index in [0.717, 1.165) is 67.5 Å². The van der Waals surface area contributed by atoms with Crippen LogP contribution in [0.4, 0.5) is 0 Å². The first-order chi connectivity index (χ1) is 18.4. The largest absolute Gasteiger partial charge is 0.352 e. The zero-order valence-corrected chi connectivity index (χ0v) is 23.8. The van der Waals surface area contributed by atoms with E-state index in [0.29, 0.717) is 22.2 Å². The maximum Gasteiger partial charge on any atom is 0.251 e. The molecule has 1 aliphatic heterocycles. The zero-order valence-electron chi connectivity index (χ0n) is 22.2. The predicted octanol–water partition coefficient (Wildman–Crippen LogP) is 8.66. The van der Waals surface area contributed by atoms with Crippen LogP contribution in [0.2, 0.25) is 10.0 Å². The Morgan fingerprint density at radius 1 is 1.13 bits per heavy atom. The Morgan fingerprint density at radius 3 is 2.37 bits per heavy atom. The fourth-order valence-corrected chi connectivity index (χ4v) is 6.28. The van der Waals surface area contributed by atoms with E-state index in [-0.39, 0.29) is 17.6 Å². The number of nitrogens with zero attached hydrogens (tertiary/aromatic N) is 2. The average Bonchev–Trinajstić information content (AvgIpc) is 3.03. The molecule has 0 radical (unpaired) electrons. The number of amides is 1. The first-order valence-electron chi connectivity index (χ1n) is 13.7. The van der Waals surface area contributed by atoms with E-state index in [4.69, 9.17) is 28.2 Å². The number of rotatable bonds is 9. The number of carbonyl (C=O) groups excluding carboxylic acids is 1. The molecule has 2 aliphatic rings. The maximum absolute atomic E-state index is 12.6. The summed E-state index contributed by atoms with van der Waals surface area (Å²) >= 11 is 12.8. The van der Waals surface area contributed by atoms with Crippen LogP contribution in [-0.4, -0.2) is 28.7 Å². The van der Waals surface area contributed by atoms with Crippen molar-refractivity contribution in [2.24, 2.45) is 4.99 Å². The van der Waals surface area contributed by atoms with Gasteiger partial charge in [0.15, 0.2) is 0 Å². The highest BCUT2D eigenvalue weighted by molar-refractivity contribution is 6.35. The minimum atomic E-state index is -0.374. The number of nitrogens with one attached hydrogen (secondary N) is 1. The number of hydrogen-bond donors (Lipinski definition) is 1. The van der Waals surface area contributed by atoms with Gasteiger partial charge in [0.25, 0.3) is 5.91 Å². The van der Waals surface area contributed by atoms with E-state index >= 15 is 0 Å². The molecule has 2 aromatic rings. The highest BCUT2D eigenvalue weighted by atomic mass is 35.5. The number of benzene rings is 2. The molecule has 0 aromatic heterocycles. The molecule has 1 saturated carbocycles. The monoisotopic (exact) mass is 549 g/mol. The number of carbonyl (C=O) groups is 1. The lowest BCUT2D eigenvalue weighted by molar-refractivity contribution is 0.0862. The van der Waals surface area contributed by atoms with E-state index in [9.17, 15) is 4.79 Å². The summed E-state index contributed by atoms with van der Waals surface area (Å²) < 4.78 is 0. The normalized spacial score (nSPS) is 17.5. The second-order valence-electron chi connectivity index (χ2n) is 10.2. The fraction of sp³-hybridized carbons (Fsp3) is 0.406. The van der Waals surface area contributed by atoms with Crippen LogP contribution in [0.25, 0.3) is 0 Å². The van der Waals surface area contributed by atoms with Gasteiger partial charge >= 0.3 is 0 Å². The molecule has 0 bridgehead atoms. The van der Waals surface area contributed by atoms with Gasteiger partial charge in [-0.1, -0.05) is 74.2 Å². The van der Waals surface area contributed by atoms with Crippen molar-refractivity contribution in [3.63, 3.8) is 0 Å². The minimum Gasteiger partial charge on any atom is -0.352 e. The third kappa shape index (κ3) is 6.10. The highest BCUT2D eigenvalue weighted by Gasteiger charge is 2.48. The Balaban J connectivity index is 1.76. The van der Waals surface area contributed by atoms with E-state index in [2.05, 4.69) is 48.2 Å². The summed E-state index contributed by atoms with van der Waals surface area (Å²) in [6, 6.07) is 13.7. The van der Waals surface area contributed by atoms with Crippen LogP contribution in [0, 0.1) is 0 Å². The van der Waals surface area contributed by atoms with Crippen molar-refractivity contribution in [2.45, 2.75) is 76.4 Å². The SMILES string of the molecule is C=C=C1C(c2cc(Cl)cc(Cl)c2)=NC2(CCCCCC2)N1C(CCC)c1ccc(C(=O)NCCC=C)cc1. The molecule has 6 heteroatoms. The van der Waals surface area contributed by atoms with Gasteiger partial charge in [0.2, 0.25) is 0 Å². The first-order valence-corrected chi connectivity index (χ1v) is 14.4. The van der Waals surface area contributed by atoms with Crippen LogP contribution in [0.3, 0.4) is 0 Å². The Morgan fingerprint density at radius 2 is 1.79 bits per heavy atom. The first kappa shape index (κ1) is 28.2. The summed E-state index contributed by atoms with van der Waals surface area (Å²) in [4.78, 5) is 20.5. The van der Waals surface area contributed by atoms with Gasteiger partial charge in [-0.3, -0.25) is 9.79 Å². The summed E-state index contributed by atoms with van der Waals surface area (Å²) in [6.07, 6.45) is 11.1. The lowest BCUT2D eigenvalue weighted by Crippen LogP contribution is -2.45. The Hall–Kier alpha value is -2.78. The Labute approximate surface area is 237 Å². The molecular weight excluding hydrogens is 513 g/mol. The molecule has 1 heterocycles. The van der Waals surface area contributed by atoms with Crippen LogP contribution in [0.1, 0.15) is 92.2 Å². The van der Waals surface area contributed by atoms with Crippen molar-refractivity contribution in [3.05, 3.63) is 99.9 Å². The average molecular weight is 551 g/mol. The lowest BCUT2D eigenvalue weighted by Gasteiger charge is -2.43. The molecule has 1 N–H and O–H groups in total. The van der Waals surface area contributed by atoms with E-state index in [1.54, 1.807) is 12.1 Å². The third-order valence-corrected chi connectivity index (χ3v) is 7.94. The molecule has 1 amide bonds. The lowest BCUT2D eigenvalue weighted by atomic mass is 9.92. The molecule has 1 unspecified atom stereocenters. The van der Waals surface area contributed by atoms with Gasteiger partial charge in [-0.15, -0.1) is 12.3 Å². The van der Waals surface area contributed by atoms with Gasteiger partial charge in [-0.25, -0.2) is 0 Å². The zero-order chi connectivity index (χ0) is 27.1. The van der Waals surface area contributed by atoms with Crippen molar-refractivity contribution in [2.75, 3.05) is 6.54 Å². The van der Waals surface area contributed by atoms with E-state index < -0.39 is 0 Å². The fourth-order valence-electron chi connectivity index (χ4n) is 5.76. The third-order valence-electron chi connectivity index (χ3n) is 7.51. The van der Waals surface area contributed by atoms with Gasteiger partial charge in [0.1, 0.15) is 11.4 Å². The van der Waals surface area contributed by atoms with Crippen LogP contribution in [0.5, 0.6) is 0 Å².